The Balaban J connectivity index is 1.34. The molecule has 0 aliphatic carbocycles. The first-order chi connectivity index (χ1) is 21.1. The van der Waals surface area contributed by atoms with E-state index in [1.807, 2.05) is 93.6 Å². The van der Waals surface area contributed by atoms with Gasteiger partial charge in [0.25, 0.3) is 0 Å². The van der Waals surface area contributed by atoms with Crippen LogP contribution in [0.3, 0.4) is 0 Å². The van der Waals surface area contributed by atoms with Crippen molar-refractivity contribution < 1.29 is 14.7 Å². The number of para-hydroxylation sites is 1. The molecular formula is C36H42N4O3S. The Hall–Kier alpha value is -3.59. The Labute approximate surface area is 264 Å². The zero-order valence-electron chi connectivity index (χ0n) is 25.7. The molecule has 0 spiro atoms. The van der Waals surface area contributed by atoms with Crippen molar-refractivity contribution in [2.24, 2.45) is 5.92 Å². The molecule has 1 amide bonds. The van der Waals surface area contributed by atoms with Gasteiger partial charge in [-0.15, -0.1) is 11.8 Å². The molecule has 3 heterocycles. The SMILES string of the molecule is CC(C)(C)NC(=O)C1CC(Sc2ccncc2)CCN1CC(O)C(CC(=O)c1ccc2ccccc2n1)Cc1ccccc1. The van der Waals surface area contributed by atoms with Gasteiger partial charge >= 0.3 is 0 Å². The second-order valence-corrected chi connectivity index (χ2v) is 14.1. The Kier molecular flexibility index (Phi) is 10.5. The van der Waals surface area contributed by atoms with E-state index in [0.717, 1.165) is 27.8 Å². The number of β-amino-alcohol motifs (C(OH)–C–C–N with tert-alkyl or cyclic N) is 1. The zero-order chi connectivity index (χ0) is 31.1. The molecule has 2 aromatic heterocycles. The van der Waals surface area contributed by atoms with E-state index < -0.39 is 6.10 Å². The summed E-state index contributed by atoms with van der Waals surface area (Å²) in [6, 6.07) is 25.0. The third-order valence-electron chi connectivity index (χ3n) is 8.06. The lowest BCUT2D eigenvalue weighted by Gasteiger charge is -2.41. The van der Waals surface area contributed by atoms with E-state index in [9.17, 15) is 14.7 Å². The van der Waals surface area contributed by atoms with Crippen LogP contribution in [0.2, 0.25) is 0 Å². The quantitative estimate of drug-likeness (QED) is 0.202. The average molecular weight is 611 g/mol. The number of piperidine rings is 1. The summed E-state index contributed by atoms with van der Waals surface area (Å²) in [4.78, 5) is 39.2. The molecule has 2 aromatic carbocycles. The van der Waals surface area contributed by atoms with Gasteiger partial charge in [0.1, 0.15) is 5.69 Å². The van der Waals surface area contributed by atoms with E-state index in [1.165, 1.54) is 0 Å². The Morgan fingerprint density at radius 1 is 1.00 bits per heavy atom. The number of benzene rings is 2. The van der Waals surface area contributed by atoms with Gasteiger partial charge in [0.2, 0.25) is 5.91 Å². The topological polar surface area (TPSA) is 95.4 Å². The maximum absolute atomic E-state index is 13.6. The third kappa shape index (κ3) is 8.74. The van der Waals surface area contributed by atoms with Gasteiger partial charge in [-0.2, -0.15) is 0 Å². The monoisotopic (exact) mass is 610 g/mol. The van der Waals surface area contributed by atoms with Crippen molar-refractivity contribution in [3.05, 3.63) is 103 Å². The van der Waals surface area contributed by atoms with Crippen LogP contribution in [0.25, 0.3) is 10.9 Å². The average Bonchev–Trinajstić information content (AvgIpc) is 3.01. The highest BCUT2D eigenvalue weighted by Gasteiger charge is 2.37. The summed E-state index contributed by atoms with van der Waals surface area (Å²) < 4.78 is 0. The summed E-state index contributed by atoms with van der Waals surface area (Å²) >= 11 is 1.78. The number of hydrogen-bond donors (Lipinski definition) is 2. The number of likely N-dealkylation sites (tertiary alicyclic amines) is 1. The molecule has 1 aliphatic rings. The summed E-state index contributed by atoms with van der Waals surface area (Å²) in [6.45, 7) is 6.94. The van der Waals surface area contributed by atoms with Crippen LogP contribution in [-0.2, 0) is 11.2 Å². The van der Waals surface area contributed by atoms with Crippen molar-refractivity contribution >= 4 is 34.4 Å². The van der Waals surface area contributed by atoms with Crippen LogP contribution < -0.4 is 5.32 Å². The van der Waals surface area contributed by atoms with Gasteiger partial charge in [0.05, 0.1) is 17.7 Å². The number of thioether (sulfide) groups is 1. The fourth-order valence-corrected chi connectivity index (χ4v) is 7.02. The van der Waals surface area contributed by atoms with Crippen molar-refractivity contribution in [2.75, 3.05) is 13.1 Å². The number of rotatable bonds is 11. The number of aromatic nitrogens is 2. The van der Waals surface area contributed by atoms with Crippen LogP contribution >= 0.6 is 11.8 Å². The summed E-state index contributed by atoms with van der Waals surface area (Å²) in [5.74, 6) is -0.459. The number of nitrogens with zero attached hydrogens (tertiary/aromatic N) is 3. The number of ketones is 1. The zero-order valence-corrected chi connectivity index (χ0v) is 26.5. The number of amides is 1. The molecule has 1 aliphatic heterocycles. The highest BCUT2D eigenvalue weighted by molar-refractivity contribution is 8.00. The van der Waals surface area contributed by atoms with Crippen molar-refractivity contribution in [1.82, 2.24) is 20.2 Å². The minimum atomic E-state index is -0.811. The van der Waals surface area contributed by atoms with E-state index in [0.29, 0.717) is 31.6 Å². The molecule has 1 fully saturated rings. The molecule has 4 atom stereocenters. The molecular weight excluding hydrogens is 568 g/mol. The Morgan fingerprint density at radius 2 is 1.73 bits per heavy atom. The number of carbonyl (C=O) groups is 2. The fourth-order valence-electron chi connectivity index (χ4n) is 5.86. The molecule has 2 N–H and O–H groups in total. The molecule has 0 bridgehead atoms. The van der Waals surface area contributed by atoms with Crippen molar-refractivity contribution in [2.45, 2.75) is 74.3 Å². The molecule has 4 unspecified atom stereocenters. The van der Waals surface area contributed by atoms with Gasteiger partial charge < -0.3 is 10.4 Å². The van der Waals surface area contributed by atoms with Gasteiger partial charge in [-0.1, -0.05) is 54.6 Å². The van der Waals surface area contributed by atoms with Gasteiger partial charge in [-0.3, -0.25) is 19.5 Å². The minimum absolute atomic E-state index is 0.0271. The number of pyridine rings is 2. The van der Waals surface area contributed by atoms with Gasteiger partial charge in [0, 0.05) is 53.0 Å². The standard InChI is InChI=1S/C36H42N4O3S/c1-36(2,3)39-35(43)32-23-29(44-28-15-18-37-19-16-28)17-20-40(32)24-34(42)27(21-25-9-5-4-6-10-25)22-33(41)31-14-13-26-11-7-8-12-30(26)38-31/h4-16,18-19,27,29,32,34,42H,17,20-24H2,1-3H3,(H,39,43). The number of hydrogen-bond acceptors (Lipinski definition) is 7. The summed E-state index contributed by atoms with van der Waals surface area (Å²) in [5, 5.41) is 16.2. The number of Topliss-reactive ketones (excluding diaryl/α,β-unsaturated/α-hetero) is 1. The molecule has 44 heavy (non-hydrogen) atoms. The normalized spacial score (nSPS) is 18.9. The van der Waals surface area contributed by atoms with Crippen LogP contribution in [0.15, 0.2) is 96.2 Å². The van der Waals surface area contributed by atoms with Gasteiger partial charge in [-0.25, -0.2) is 4.98 Å². The number of aliphatic hydroxyl groups is 1. The van der Waals surface area contributed by atoms with Crippen LogP contribution in [-0.4, -0.2) is 67.7 Å². The Morgan fingerprint density at radius 3 is 2.48 bits per heavy atom. The van der Waals surface area contributed by atoms with E-state index >= 15 is 0 Å². The van der Waals surface area contributed by atoms with Crippen molar-refractivity contribution in [3.8, 4) is 0 Å². The molecule has 8 heteroatoms. The maximum Gasteiger partial charge on any atom is 0.237 e. The molecule has 0 saturated carbocycles. The fraction of sp³-hybridized carbons (Fsp3) is 0.389. The smallest absolute Gasteiger partial charge is 0.237 e. The predicted octanol–water partition coefficient (Wildman–Crippen LogP) is 5.96. The van der Waals surface area contributed by atoms with Crippen LogP contribution in [0.4, 0.5) is 0 Å². The van der Waals surface area contributed by atoms with Crippen molar-refractivity contribution in [1.29, 1.82) is 0 Å². The third-order valence-corrected chi connectivity index (χ3v) is 9.36. The van der Waals surface area contributed by atoms with Crippen molar-refractivity contribution in [3.63, 3.8) is 0 Å². The molecule has 5 rings (SSSR count). The molecule has 7 nitrogen and oxygen atoms in total. The molecule has 0 radical (unpaired) electrons. The maximum atomic E-state index is 13.6. The van der Waals surface area contributed by atoms with Gasteiger partial charge in [0.15, 0.2) is 5.78 Å². The van der Waals surface area contributed by atoms with E-state index in [-0.39, 0.29) is 40.9 Å². The second kappa shape index (κ2) is 14.5. The summed E-state index contributed by atoms with van der Waals surface area (Å²) in [7, 11) is 0. The number of carbonyl (C=O) groups excluding carboxylic acids is 2. The molecule has 230 valence electrons. The lowest BCUT2D eigenvalue weighted by atomic mass is 9.87. The highest BCUT2D eigenvalue weighted by Crippen LogP contribution is 2.33. The van der Waals surface area contributed by atoms with Crippen LogP contribution in [0.5, 0.6) is 0 Å². The summed E-state index contributed by atoms with van der Waals surface area (Å²) in [5.41, 5.74) is 1.87. The highest BCUT2D eigenvalue weighted by atomic mass is 32.2. The van der Waals surface area contributed by atoms with Crippen LogP contribution in [0.1, 0.15) is 56.1 Å². The second-order valence-electron chi connectivity index (χ2n) is 12.7. The minimum Gasteiger partial charge on any atom is -0.391 e. The summed E-state index contributed by atoms with van der Waals surface area (Å²) in [6.07, 6.45) is 5.04. The van der Waals surface area contributed by atoms with E-state index in [2.05, 4.69) is 20.2 Å². The Bertz CT molecular complexity index is 1540. The first-order valence-corrected chi connectivity index (χ1v) is 16.3. The first kappa shape index (κ1) is 31.8. The lowest BCUT2D eigenvalue weighted by Crippen LogP contribution is -2.57. The largest absolute Gasteiger partial charge is 0.391 e. The van der Waals surface area contributed by atoms with Crippen LogP contribution in [0, 0.1) is 5.92 Å². The number of fused-ring (bicyclic) bond motifs is 1. The van der Waals surface area contributed by atoms with Gasteiger partial charge in [-0.05, 0) is 75.8 Å². The molecule has 4 aromatic rings. The number of nitrogens with one attached hydrogen (secondary N) is 1. The van der Waals surface area contributed by atoms with E-state index in [1.54, 1.807) is 30.2 Å². The lowest BCUT2D eigenvalue weighted by molar-refractivity contribution is -0.129. The first-order valence-electron chi connectivity index (χ1n) is 15.4. The van der Waals surface area contributed by atoms with E-state index in [4.69, 9.17) is 0 Å². The number of aliphatic hydroxyl groups excluding tert-OH is 1. The predicted molar refractivity (Wildman–Crippen MR) is 177 cm³/mol. The molecule has 1 saturated heterocycles.